The van der Waals surface area contributed by atoms with Crippen molar-refractivity contribution in [1.82, 2.24) is 5.32 Å². The van der Waals surface area contributed by atoms with Gasteiger partial charge in [-0.25, -0.2) is 4.39 Å². The SMILES string of the molecule is Cc1ccc(C(C)NC(=O)c2cc(F)ccc2C)cc1. The third kappa shape index (κ3) is 3.23. The molecule has 1 N–H and O–H groups in total. The average Bonchev–Trinajstić information content (AvgIpc) is 2.42. The van der Waals surface area contributed by atoms with Gasteiger partial charge in [0.15, 0.2) is 0 Å². The van der Waals surface area contributed by atoms with Crippen LogP contribution in [0, 0.1) is 19.7 Å². The zero-order valence-corrected chi connectivity index (χ0v) is 11.9. The first-order valence-electron chi connectivity index (χ1n) is 6.61. The molecule has 2 aromatic rings. The van der Waals surface area contributed by atoms with Gasteiger partial charge < -0.3 is 5.32 Å². The number of benzene rings is 2. The molecule has 0 aliphatic rings. The number of amides is 1. The molecule has 1 atom stereocenters. The number of hydrogen-bond acceptors (Lipinski definition) is 1. The highest BCUT2D eigenvalue weighted by atomic mass is 19.1. The number of carbonyl (C=O) groups is 1. The lowest BCUT2D eigenvalue weighted by molar-refractivity contribution is 0.0939. The highest BCUT2D eigenvalue weighted by molar-refractivity contribution is 5.95. The van der Waals surface area contributed by atoms with E-state index in [2.05, 4.69) is 5.32 Å². The molecular formula is C17H18FNO. The van der Waals surface area contributed by atoms with Gasteiger partial charge in [0, 0.05) is 5.56 Å². The Morgan fingerprint density at radius 2 is 1.75 bits per heavy atom. The third-order valence-corrected chi connectivity index (χ3v) is 3.37. The number of hydrogen-bond donors (Lipinski definition) is 1. The van der Waals surface area contributed by atoms with Gasteiger partial charge in [0.2, 0.25) is 0 Å². The van der Waals surface area contributed by atoms with E-state index in [1.54, 1.807) is 13.0 Å². The quantitative estimate of drug-likeness (QED) is 0.900. The van der Waals surface area contributed by atoms with E-state index in [4.69, 9.17) is 0 Å². The van der Waals surface area contributed by atoms with Gasteiger partial charge in [0.25, 0.3) is 5.91 Å². The van der Waals surface area contributed by atoms with E-state index in [1.807, 2.05) is 38.1 Å². The molecule has 1 unspecified atom stereocenters. The summed E-state index contributed by atoms with van der Waals surface area (Å²) in [5, 5.41) is 2.89. The molecule has 2 nitrogen and oxygen atoms in total. The summed E-state index contributed by atoms with van der Waals surface area (Å²) in [5.74, 6) is -0.654. The standard InChI is InChI=1S/C17H18FNO/c1-11-4-7-14(8-5-11)13(3)19-17(20)16-10-15(18)9-6-12(16)2/h4-10,13H,1-3H3,(H,19,20). The minimum atomic E-state index is -0.399. The summed E-state index contributed by atoms with van der Waals surface area (Å²) < 4.78 is 13.2. The van der Waals surface area contributed by atoms with Gasteiger partial charge in [-0.1, -0.05) is 35.9 Å². The van der Waals surface area contributed by atoms with Crippen molar-refractivity contribution in [2.75, 3.05) is 0 Å². The topological polar surface area (TPSA) is 29.1 Å². The molecular weight excluding hydrogens is 253 g/mol. The Labute approximate surface area is 118 Å². The van der Waals surface area contributed by atoms with Crippen LogP contribution in [-0.2, 0) is 0 Å². The Morgan fingerprint density at radius 3 is 2.40 bits per heavy atom. The van der Waals surface area contributed by atoms with Gasteiger partial charge in [0.05, 0.1) is 6.04 Å². The van der Waals surface area contributed by atoms with Gasteiger partial charge in [-0.05, 0) is 44.0 Å². The second kappa shape index (κ2) is 5.87. The number of carbonyl (C=O) groups excluding carboxylic acids is 1. The number of rotatable bonds is 3. The molecule has 3 heteroatoms. The van der Waals surface area contributed by atoms with E-state index < -0.39 is 5.82 Å². The molecule has 20 heavy (non-hydrogen) atoms. The molecule has 0 heterocycles. The fraction of sp³-hybridized carbons (Fsp3) is 0.235. The summed E-state index contributed by atoms with van der Waals surface area (Å²) in [4.78, 5) is 12.2. The Kier molecular flexibility index (Phi) is 4.18. The van der Waals surface area contributed by atoms with Gasteiger partial charge in [0.1, 0.15) is 5.82 Å². The minimum Gasteiger partial charge on any atom is -0.346 e. The second-order valence-electron chi connectivity index (χ2n) is 5.07. The second-order valence-corrected chi connectivity index (χ2v) is 5.07. The summed E-state index contributed by atoms with van der Waals surface area (Å²) in [6, 6.07) is 12.1. The summed E-state index contributed by atoms with van der Waals surface area (Å²) >= 11 is 0. The Bertz CT molecular complexity index is 619. The summed E-state index contributed by atoms with van der Waals surface area (Å²) in [5.41, 5.74) is 3.34. The van der Waals surface area contributed by atoms with E-state index in [9.17, 15) is 9.18 Å². The van der Waals surface area contributed by atoms with Crippen LogP contribution in [0.15, 0.2) is 42.5 Å². The van der Waals surface area contributed by atoms with Gasteiger partial charge in [-0.3, -0.25) is 4.79 Å². The van der Waals surface area contributed by atoms with Crippen molar-refractivity contribution in [2.45, 2.75) is 26.8 Å². The molecule has 2 rings (SSSR count). The summed E-state index contributed by atoms with van der Waals surface area (Å²) in [6.07, 6.45) is 0. The van der Waals surface area contributed by atoms with Gasteiger partial charge in [-0.2, -0.15) is 0 Å². The lowest BCUT2D eigenvalue weighted by atomic mass is 10.0. The van der Waals surface area contributed by atoms with Crippen LogP contribution in [0.25, 0.3) is 0 Å². The van der Waals surface area contributed by atoms with Crippen molar-refractivity contribution in [3.63, 3.8) is 0 Å². The zero-order valence-electron chi connectivity index (χ0n) is 11.9. The molecule has 0 spiro atoms. The first kappa shape index (κ1) is 14.3. The van der Waals surface area contributed by atoms with Crippen LogP contribution >= 0.6 is 0 Å². The van der Waals surface area contributed by atoms with Crippen molar-refractivity contribution >= 4 is 5.91 Å². The maximum atomic E-state index is 13.2. The molecule has 0 aliphatic heterocycles. The molecule has 0 bridgehead atoms. The Hall–Kier alpha value is -2.16. The average molecular weight is 271 g/mol. The minimum absolute atomic E-state index is 0.120. The van der Waals surface area contributed by atoms with Crippen LogP contribution in [0.2, 0.25) is 0 Å². The van der Waals surface area contributed by atoms with Crippen LogP contribution in [0.5, 0.6) is 0 Å². The fourth-order valence-electron chi connectivity index (χ4n) is 2.05. The van der Waals surface area contributed by atoms with Crippen LogP contribution < -0.4 is 5.32 Å². The maximum absolute atomic E-state index is 13.2. The van der Waals surface area contributed by atoms with Gasteiger partial charge in [-0.15, -0.1) is 0 Å². The number of halogens is 1. The van der Waals surface area contributed by atoms with Crippen molar-refractivity contribution in [1.29, 1.82) is 0 Å². The van der Waals surface area contributed by atoms with E-state index in [1.165, 1.54) is 17.7 Å². The molecule has 0 saturated heterocycles. The lowest BCUT2D eigenvalue weighted by Gasteiger charge is -2.15. The van der Waals surface area contributed by atoms with E-state index >= 15 is 0 Å². The van der Waals surface area contributed by atoms with E-state index in [-0.39, 0.29) is 11.9 Å². The zero-order chi connectivity index (χ0) is 14.7. The van der Waals surface area contributed by atoms with Crippen LogP contribution in [-0.4, -0.2) is 5.91 Å². The molecule has 0 fully saturated rings. The lowest BCUT2D eigenvalue weighted by Crippen LogP contribution is -2.27. The molecule has 0 aromatic heterocycles. The largest absolute Gasteiger partial charge is 0.346 e. The van der Waals surface area contributed by atoms with Crippen molar-refractivity contribution in [3.8, 4) is 0 Å². The maximum Gasteiger partial charge on any atom is 0.252 e. The molecule has 104 valence electrons. The monoisotopic (exact) mass is 271 g/mol. The van der Waals surface area contributed by atoms with Crippen LogP contribution in [0.4, 0.5) is 4.39 Å². The van der Waals surface area contributed by atoms with Gasteiger partial charge >= 0.3 is 0 Å². The molecule has 1 amide bonds. The Morgan fingerprint density at radius 1 is 1.10 bits per heavy atom. The fourth-order valence-corrected chi connectivity index (χ4v) is 2.05. The third-order valence-electron chi connectivity index (χ3n) is 3.37. The predicted octanol–water partition coefficient (Wildman–Crippen LogP) is 3.93. The summed E-state index contributed by atoms with van der Waals surface area (Å²) in [7, 11) is 0. The van der Waals surface area contributed by atoms with Crippen molar-refractivity contribution in [3.05, 3.63) is 70.5 Å². The molecule has 2 aromatic carbocycles. The Balaban J connectivity index is 2.15. The normalized spacial score (nSPS) is 12.0. The highest BCUT2D eigenvalue weighted by Gasteiger charge is 2.14. The number of nitrogens with one attached hydrogen (secondary N) is 1. The highest BCUT2D eigenvalue weighted by Crippen LogP contribution is 2.16. The molecule has 0 aliphatic carbocycles. The number of aryl methyl sites for hydroxylation is 2. The first-order valence-corrected chi connectivity index (χ1v) is 6.61. The molecule has 0 radical (unpaired) electrons. The first-order chi connectivity index (χ1) is 9.47. The van der Waals surface area contributed by atoms with Crippen LogP contribution in [0.1, 0.15) is 40.0 Å². The molecule has 0 saturated carbocycles. The van der Waals surface area contributed by atoms with Crippen molar-refractivity contribution in [2.24, 2.45) is 0 Å². The van der Waals surface area contributed by atoms with E-state index in [0.717, 1.165) is 11.1 Å². The van der Waals surface area contributed by atoms with Crippen molar-refractivity contribution < 1.29 is 9.18 Å². The summed E-state index contributed by atoms with van der Waals surface area (Å²) in [6.45, 7) is 5.73. The predicted molar refractivity (Wildman–Crippen MR) is 78.2 cm³/mol. The van der Waals surface area contributed by atoms with Crippen LogP contribution in [0.3, 0.4) is 0 Å². The van der Waals surface area contributed by atoms with E-state index in [0.29, 0.717) is 5.56 Å². The smallest absolute Gasteiger partial charge is 0.252 e.